The number of benzene rings is 1. The molecule has 144 valence electrons. The molecule has 1 aromatic carbocycles. The molecule has 4 rings (SSSR count). The van der Waals surface area contributed by atoms with Gasteiger partial charge >= 0.3 is 0 Å². The Morgan fingerprint density at radius 3 is 2.57 bits per heavy atom. The van der Waals surface area contributed by atoms with Crippen LogP contribution in [0.2, 0.25) is 0 Å². The number of unbranched alkanes of at least 4 members (excludes halogenated alkanes) is 1. The maximum atomic E-state index is 4.61. The van der Waals surface area contributed by atoms with Gasteiger partial charge < -0.3 is 5.32 Å². The highest BCUT2D eigenvalue weighted by Crippen LogP contribution is 2.34. The minimum atomic E-state index is -0.533. The molecule has 0 saturated heterocycles. The molecule has 0 amide bonds. The standard InChI is InChI=1S/C20H24N8/c1-3-4-13-28-18(22-15(2)25-28)14-16-5-7-17(8-6-16)20(9-11-21-12-10-20)19-23-26-27-24-19/h5-12,21H,3-4,13-14H2,1-2H3,(H,23,24,26,27). The summed E-state index contributed by atoms with van der Waals surface area (Å²) in [6.45, 7) is 5.04. The molecule has 2 aromatic heterocycles. The number of rotatable bonds is 7. The highest BCUT2D eigenvalue weighted by atomic mass is 15.5. The molecule has 0 aliphatic carbocycles. The Morgan fingerprint density at radius 2 is 1.89 bits per heavy atom. The quantitative estimate of drug-likeness (QED) is 0.657. The molecule has 3 heterocycles. The molecular formula is C20H24N8. The van der Waals surface area contributed by atoms with Crippen molar-refractivity contribution in [1.29, 1.82) is 0 Å². The van der Waals surface area contributed by atoms with Crippen LogP contribution in [0.1, 0.15) is 48.4 Å². The molecule has 0 bridgehead atoms. The second-order valence-corrected chi connectivity index (χ2v) is 6.96. The van der Waals surface area contributed by atoms with Gasteiger partial charge in [-0.1, -0.05) is 42.8 Å². The monoisotopic (exact) mass is 376 g/mol. The van der Waals surface area contributed by atoms with Crippen LogP contribution in [0.3, 0.4) is 0 Å². The van der Waals surface area contributed by atoms with Gasteiger partial charge in [0.1, 0.15) is 11.6 Å². The number of nitrogens with one attached hydrogen (secondary N) is 2. The zero-order valence-electron chi connectivity index (χ0n) is 16.1. The third kappa shape index (κ3) is 3.45. The third-order valence-corrected chi connectivity index (χ3v) is 4.97. The van der Waals surface area contributed by atoms with Crippen molar-refractivity contribution >= 4 is 0 Å². The van der Waals surface area contributed by atoms with Crippen molar-refractivity contribution in [3.05, 3.63) is 77.4 Å². The fraction of sp³-hybridized carbons (Fsp3) is 0.350. The van der Waals surface area contributed by atoms with Gasteiger partial charge in [0.2, 0.25) is 0 Å². The van der Waals surface area contributed by atoms with Crippen LogP contribution in [0.5, 0.6) is 0 Å². The van der Waals surface area contributed by atoms with E-state index >= 15 is 0 Å². The predicted molar refractivity (Wildman–Crippen MR) is 105 cm³/mol. The Kier molecular flexibility index (Phi) is 5.01. The topological polar surface area (TPSA) is 97.2 Å². The lowest BCUT2D eigenvalue weighted by Crippen LogP contribution is -2.28. The predicted octanol–water partition coefficient (Wildman–Crippen LogP) is 2.41. The smallest absolute Gasteiger partial charge is 0.192 e. The summed E-state index contributed by atoms with van der Waals surface area (Å²) in [4.78, 5) is 4.61. The van der Waals surface area contributed by atoms with Gasteiger partial charge in [0.05, 0.1) is 5.41 Å². The summed E-state index contributed by atoms with van der Waals surface area (Å²) in [6.07, 6.45) is 10.9. The van der Waals surface area contributed by atoms with Crippen molar-refractivity contribution in [1.82, 2.24) is 40.7 Å². The van der Waals surface area contributed by atoms with Crippen molar-refractivity contribution in [2.24, 2.45) is 0 Å². The Balaban J connectivity index is 1.60. The molecule has 28 heavy (non-hydrogen) atoms. The summed E-state index contributed by atoms with van der Waals surface area (Å²) in [5.41, 5.74) is 1.74. The summed E-state index contributed by atoms with van der Waals surface area (Å²) in [5, 5.41) is 22.3. The van der Waals surface area contributed by atoms with Crippen molar-refractivity contribution in [2.45, 2.75) is 45.1 Å². The van der Waals surface area contributed by atoms with Gasteiger partial charge in [-0.2, -0.15) is 10.3 Å². The summed E-state index contributed by atoms with van der Waals surface area (Å²) >= 11 is 0. The first-order valence-electron chi connectivity index (χ1n) is 9.56. The van der Waals surface area contributed by atoms with Gasteiger partial charge in [-0.15, -0.1) is 10.2 Å². The first kappa shape index (κ1) is 18.1. The number of hydrogen-bond donors (Lipinski definition) is 2. The maximum Gasteiger partial charge on any atom is 0.192 e. The first-order valence-corrected chi connectivity index (χ1v) is 9.56. The number of nitrogens with zero attached hydrogens (tertiary/aromatic N) is 6. The lowest BCUT2D eigenvalue weighted by atomic mass is 9.78. The van der Waals surface area contributed by atoms with Crippen LogP contribution in [0, 0.1) is 6.92 Å². The van der Waals surface area contributed by atoms with Gasteiger partial charge in [0, 0.05) is 13.0 Å². The summed E-state index contributed by atoms with van der Waals surface area (Å²) in [5.74, 6) is 2.45. The molecule has 8 heteroatoms. The Bertz CT molecular complexity index is 954. The molecule has 0 atom stereocenters. The van der Waals surface area contributed by atoms with E-state index in [4.69, 9.17) is 0 Å². The average molecular weight is 376 g/mol. The molecule has 0 saturated carbocycles. The van der Waals surface area contributed by atoms with Crippen molar-refractivity contribution in [2.75, 3.05) is 0 Å². The van der Waals surface area contributed by atoms with E-state index in [0.29, 0.717) is 5.82 Å². The summed E-state index contributed by atoms with van der Waals surface area (Å²) in [6, 6.07) is 8.50. The molecule has 0 spiro atoms. The van der Waals surface area contributed by atoms with Crippen molar-refractivity contribution in [3.63, 3.8) is 0 Å². The van der Waals surface area contributed by atoms with Gasteiger partial charge in [-0.05, 0) is 49.0 Å². The molecule has 0 fully saturated rings. The molecular weight excluding hydrogens is 352 g/mol. The van der Waals surface area contributed by atoms with Crippen LogP contribution >= 0.6 is 0 Å². The van der Waals surface area contributed by atoms with Crippen LogP contribution in [-0.2, 0) is 18.4 Å². The number of tetrazole rings is 1. The van der Waals surface area contributed by atoms with Crippen LogP contribution in [-0.4, -0.2) is 35.4 Å². The van der Waals surface area contributed by atoms with E-state index in [-0.39, 0.29) is 0 Å². The molecule has 8 nitrogen and oxygen atoms in total. The van der Waals surface area contributed by atoms with Crippen LogP contribution in [0.4, 0.5) is 0 Å². The number of aryl methyl sites for hydroxylation is 2. The SMILES string of the molecule is CCCCn1nc(C)nc1Cc1ccc(C2(c3nn[nH]n3)C=CNC=C2)cc1. The molecule has 0 radical (unpaired) electrons. The van der Waals surface area contributed by atoms with Gasteiger partial charge in [0.25, 0.3) is 0 Å². The number of aromatic amines is 1. The van der Waals surface area contributed by atoms with E-state index < -0.39 is 5.41 Å². The maximum absolute atomic E-state index is 4.61. The number of allylic oxidation sites excluding steroid dienone is 2. The summed E-state index contributed by atoms with van der Waals surface area (Å²) < 4.78 is 2.03. The molecule has 0 unspecified atom stereocenters. The lowest BCUT2D eigenvalue weighted by Gasteiger charge is -2.26. The highest BCUT2D eigenvalue weighted by Gasteiger charge is 2.34. The van der Waals surface area contributed by atoms with Crippen molar-refractivity contribution in [3.8, 4) is 0 Å². The fourth-order valence-corrected chi connectivity index (χ4v) is 3.48. The minimum Gasteiger partial charge on any atom is -0.368 e. The molecule has 1 aliphatic rings. The molecule has 2 N–H and O–H groups in total. The Labute approximate surface area is 163 Å². The summed E-state index contributed by atoms with van der Waals surface area (Å²) in [7, 11) is 0. The second-order valence-electron chi connectivity index (χ2n) is 6.96. The lowest BCUT2D eigenvalue weighted by molar-refractivity contribution is 0.547. The first-order chi connectivity index (χ1) is 13.7. The van der Waals surface area contributed by atoms with Crippen molar-refractivity contribution < 1.29 is 0 Å². The van der Waals surface area contributed by atoms with E-state index in [1.165, 1.54) is 5.56 Å². The third-order valence-electron chi connectivity index (χ3n) is 4.97. The number of H-pyrrole nitrogens is 1. The second kappa shape index (κ2) is 7.75. The van der Waals surface area contributed by atoms with Gasteiger partial charge in [-0.25, -0.2) is 9.67 Å². The van der Waals surface area contributed by atoms with E-state index in [9.17, 15) is 0 Å². The van der Waals surface area contributed by atoms with Crippen LogP contribution in [0.25, 0.3) is 0 Å². The van der Waals surface area contributed by atoms with E-state index in [1.807, 2.05) is 36.2 Å². The van der Waals surface area contributed by atoms with E-state index in [1.54, 1.807) is 0 Å². The van der Waals surface area contributed by atoms with E-state index in [2.05, 4.69) is 67.2 Å². The van der Waals surface area contributed by atoms with Crippen LogP contribution in [0.15, 0.2) is 48.8 Å². The van der Waals surface area contributed by atoms with Gasteiger partial charge in [0.15, 0.2) is 5.82 Å². The Hall–Kier alpha value is -3.29. The minimum absolute atomic E-state index is 0.533. The fourth-order valence-electron chi connectivity index (χ4n) is 3.48. The normalized spacial score (nSPS) is 14.9. The van der Waals surface area contributed by atoms with Crippen LogP contribution < -0.4 is 5.32 Å². The van der Waals surface area contributed by atoms with Gasteiger partial charge in [-0.3, -0.25) is 0 Å². The highest BCUT2D eigenvalue weighted by molar-refractivity contribution is 5.46. The van der Waals surface area contributed by atoms with E-state index in [0.717, 1.165) is 43.0 Å². The average Bonchev–Trinajstić information content (AvgIpc) is 3.38. The molecule has 3 aromatic rings. The number of aromatic nitrogens is 7. The number of dihydropyridines is 1. The zero-order valence-corrected chi connectivity index (χ0v) is 16.1. The Morgan fingerprint density at radius 1 is 1.11 bits per heavy atom. The molecule has 1 aliphatic heterocycles. The number of hydrogen-bond acceptors (Lipinski definition) is 6. The zero-order chi connectivity index (χ0) is 19.4. The largest absolute Gasteiger partial charge is 0.368 e.